The van der Waals surface area contributed by atoms with Crippen molar-refractivity contribution in [1.82, 2.24) is 5.32 Å². The molecular formula is C16H17NO2S. The highest BCUT2D eigenvalue weighted by atomic mass is 32.1. The molecule has 0 spiro atoms. The van der Waals surface area contributed by atoms with E-state index in [1.165, 1.54) is 10.4 Å². The normalized spacial score (nSPS) is 17.5. The van der Waals surface area contributed by atoms with Crippen LogP contribution in [0.2, 0.25) is 0 Å². The number of carbonyl (C=O) groups is 1. The standard InChI is InChI=1S/C16H17NO2S/c18-16(19-8-7-13-5-3-9-20-13)15-11-17-10-12-4-1-2-6-14(12)15/h1-6,9,15,17H,7-8,10-11H2. The van der Waals surface area contributed by atoms with Gasteiger partial charge in [0.15, 0.2) is 0 Å². The molecule has 1 atom stereocenters. The van der Waals surface area contributed by atoms with Gasteiger partial charge < -0.3 is 10.1 Å². The van der Waals surface area contributed by atoms with Gasteiger partial charge in [-0.05, 0) is 22.6 Å². The first-order chi connectivity index (χ1) is 9.84. The van der Waals surface area contributed by atoms with Gasteiger partial charge in [0.25, 0.3) is 0 Å². The fourth-order valence-corrected chi connectivity index (χ4v) is 3.20. The highest BCUT2D eigenvalue weighted by Crippen LogP contribution is 2.24. The molecule has 3 rings (SSSR count). The van der Waals surface area contributed by atoms with Crippen molar-refractivity contribution < 1.29 is 9.53 Å². The highest BCUT2D eigenvalue weighted by Gasteiger charge is 2.27. The number of nitrogens with one attached hydrogen (secondary N) is 1. The van der Waals surface area contributed by atoms with Crippen LogP contribution in [-0.4, -0.2) is 19.1 Å². The number of thiophene rings is 1. The van der Waals surface area contributed by atoms with Crippen molar-refractivity contribution >= 4 is 17.3 Å². The molecule has 0 fully saturated rings. The van der Waals surface area contributed by atoms with Crippen LogP contribution in [0.1, 0.15) is 21.9 Å². The molecule has 1 aliphatic heterocycles. The quantitative estimate of drug-likeness (QED) is 0.879. The minimum Gasteiger partial charge on any atom is -0.465 e. The van der Waals surface area contributed by atoms with Crippen LogP contribution in [0.25, 0.3) is 0 Å². The average Bonchev–Trinajstić information content (AvgIpc) is 3.00. The average molecular weight is 287 g/mol. The maximum atomic E-state index is 12.2. The van der Waals surface area contributed by atoms with Gasteiger partial charge in [-0.3, -0.25) is 4.79 Å². The predicted octanol–water partition coefficient (Wildman–Crippen LogP) is 2.72. The molecule has 4 heteroatoms. The molecule has 3 nitrogen and oxygen atoms in total. The molecule has 2 heterocycles. The Hall–Kier alpha value is -1.65. The van der Waals surface area contributed by atoms with E-state index in [-0.39, 0.29) is 11.9 Å². The first kappa shape index (κ1) is 13.3. The Kier molecular flexibility index (Phi) is 4.14. The zero-order valence-corrected chi connectivity index (χ0v) is 12.0. The van der Waals surface area contributed by atoms with Gasteiger partial charge in [-0.2, -0.15) is 0 Å². The molecule has 0 bridgehead atoms. The molecule has 104 valence electrons. The van der Waals surface area contributed by atoms with Crippen LogP contribution in [-0.2, 0) is 22.5 Å². The summed E-state index contributed by atoms with van der Waals surface area (Å²) in [6.45, 7) is 1.95. The second kappa shape index (κ2) is 6.20. The van der Waals surface area contributed by atoms with E-state index in [2.05, 4.69) is 17.4 Å². The third-order valence-corrected chi connectivity index (χ3v) is 4.49. The summed E-state index contributed by atoms with van der Waals surface area (Å²) in [5, 5.41) is 5.32. The summed E-state index contributed by atoms with van der Waals surface area (Å²) in [5.74, 6) is -0.301. The zero-order chi connectivity index (χ0) is 13.8. The minimum absolute atomic E-state index is 0.124. The van der Waals surface area contributed by atoms with E-state index in [1.807, 2.05) is 29.6 Å². The van der Waals surface area contributed by atoms with E-state index in [9.17, 15) is 4.79 Å². The summed E-state index contributed by atoms with van der Waals surface area (Å²) in [4.78, 5) is 13.5. The van der Waals surface area contributed by atoms with E-state index in [4.69, 9.17) is 4.74 Å². The summed E-state index contributed by atoms with van der Waals surface area (Å²) >= 11 is 1.70. The van der Waals surface area contributed by atoms with Crippen LogP contribution in [0.15, 0.2) is 41.8 Å². The van der Waals surface area contributed by atoms with Crippen LogP contribution in [0.3, 0.4) is 0 Å². The molecule has 0 saturated heterocycles. The van der Waals surface area contributed by atoms with Crippen molar-refractivity contribution in [3.63, 3.8) is 0 Å². The zero-order valence-electron chi connectivity index (χ0n) is 11.2. The molecule has 1 aromatic heterocycles. The van der Waals surface area contributed by atoms with Crippen LogP contribution >= 0.6 is 11.3 Å². The number of hydrogen-bond acceptors (Lipinski definition) is 4. The largest absolute Gasteiger partial charge is 0.465 e. The first-order valence-corrected chi connectivity index (χ1v) is 7.70. The molecule has 2 aromatic rings. The topological polar surface area (TPSA) is 38.3 Å². The minimum atomic E-state index is -0.178. The lowest BCUT2D eigenvalue weighted by Crippen LogP contribution is -2.33. The number of esters is 1. The lowest BCUT2D eigenvalue weighted by atomic mass is 9.91. The Morgan fingerprint density at radius 1 is 1.30 bits per heavy atom. The van der Waals surface area contributed by atoms with Gasteiger partial charge in [-0.25, -0.2) is 0 Å². The number of ether oxygens (including phenoxy) is 1. The van der Waals surface area contributed by atoms with Gasteiger partial charge in [0.2, 0.25) is 0 Å². The predicted molar refractivity (Wildman–Crippen MR) is 79.9 cm³/mol. The fourth-order valence-electron chi connectivity index (χ4n) is 2.51. The lowest BCUT2D eigenvalue weighted by molar-refractivity contribution is -0.145. The Balaban J connectivity index is 1.60. The van der Waals surface area contributed by atoms with E-state index in [0.29, 0.717) is 13.2 Å². The van der Waals surface area contributed by atoms with Crippen molar-refractivity contribution in [3.8, 4) is 0 Å². The fraction of sp³-hybridized carbons (Fsp3) is 0.312. The van der Waals surface area contributed by atoms with Crippen LogP contribution in [0.5, 0.6) is 0 Å². The first-order valence-electron chi connectivity index (χ1n) is 6.82. The molecule has 1 N–H and O–H groups in total. The SMILES string of the molecule is O=C(OCCc1cccs1)C1CNCc2ccccc21. The Bertz CT molecular complexity index is 580. The maximum absolute atomic E-state index is 12.2. The molecule has 1 aromatic carbocycles. The van der Waals surface area contributed by atoms with Crippen molar-refractivity contribution in [3.05, 3.63) is 57.8 Å². The van der Waals surface area contributed by atoms with Crippen molar-refractivity contribution in [2.75, 3.05) is 13.2 Å². The third-order valence-electron chi connectivity index (χ3n) is 3.55. The molecular weight excluding hydrogens is 270 g/mol. The van der Waals surface area contributed by atoms with Crippen molar-refractivity contribution in [2.24, 2.45) is 0 Å². The van der Waals surface area contributed by atoms with E-state index in [0.717, 1.165) is 18.5 Å². The van der Waals surface area contributed by atoms with Gasteiger partial charge in [-0.1, -0.05) is 30.3 Å². The van der Waals surface area contributed by atoms with Gasteiger partial charge in [0, 0.05) is 24.4 Å². The molecule has 0 saturated carbocycles. The van der Waals surface area contributed by atoms with Crippen molar-refractivity contribution in [2.45, 2.75) is 18.9 Å². The Morgan fingerprint density at radius 2 is 2.20 bits per heavy atom. The van der Waals surface area contributed by atoms with Crippen molar-refractivity contribution in [1.29, 1.82) is 0 Å². The molecule has 0 aliphatic carbocycles. The van der Waals surface area contributed by atoms with Gasteiger partial charge in [0.1, 0.15) is 0 Å². The summed E-state index contributed by atoms with van der Waals surface area (Å²) in [6.07, 6.45) is 0.797. The van der Waals surface area contributed by atoms with E-state index < -0.39 is 0 Å². The Morgan fingerprint density at radius 3 is 3.05 bits per heavy atom. The summed E-state index contributed by atoms with van der Waals surface area (Å²) in [6, 6.07) is 12.2. The van der Waals surface area contributed by atoms with Crippen LogP contribution < -0.4 is 5.32 Å². The second-order valence-electron chi connectivity index (χ2n) is 4.88. The lowest BCUT2D eigenvalue weighted by Gasteiger charge is -2.24. The molecule has 20 heavy (non-hydrogen) atoms. The number of rotatable bonds is 4. The summed E-state index contributed by atoms with van der Waals surface area (Å²) in [5.41, 5.74) is 2.30. The monoisotopic (exact) mass is 287 g/mol. The molecule has 0 amide bonds. The van der Waals surface area contributed by atoms with E-state index >= 15 is 0 Å². The maximum Gasteiger partial charge on any atom is 0.314 e. The van der Waals surface area contributed by atoms with Crippen LogP contribution in [0, 0.1) is 0 Å². The number of carbonyl (C=O) groups excluding carboxylic acids is 1. The van der Waals surface area contributed by atoms with Gasteiger partial charge in [-0.15, -0.1) is 11.3 Å². The third kappa shape index (κ3) is 2.92. The number of hydrogen-bond donors (Lipinski definition) is 1. The van der Waals surface area contributed by atoms with Gasteiger partial charge >= 0.3 is 5.97 Å². The molecule has 0 radical (unpaired) electrons. The number of benzene rings is 1. The number of fused-ring (bicyclic) bond motifs is 1. The summed E-state index contributed by atoms with van der Waals surface area (Å²) in [7, 11) is 0. The Labute approximate surface area is 122 Å². The van der Waals surface area contributed by atoms with E-state index in [1.54, 1.807) is 11.3 Å². The van der Waals surface area contributed by atoms with Crippen LogP contribution in [0.4, 0.5) is 0 Å². The smallest absolute Gasteiger partial charge is 0.314 e. The summed E-state index contributed by atoms with van der Waals surface area (Å²) < 4.78 is 5.44. The highest BCUT2D eigenvalue weighted by molar-refractivity contribution is 7.09. The molecule has 1 unspecified atom stereocenters. The molecule has 1 aliphatic rings. The van der Waals surface area contributed by atoms with Gasteiger partial charge in [0.05, 0.1) is 12.5 Å². The second-order valence-corrected chi connectivity index (χ2v) is 5.91.